The van der Waals surface area contributed by atoms with E-state index < -0.39 is 0 Å². The first-order chi connectivity index (χ1) is 9.74. The van der Waals surface area contributed by atoms with Gasteiger partial charge in [-0.15, -0.1) is 0 Å². The maximum absolute atomic E-state index is 5.43. The van der Waals surface area contributed by atoms with Crippen LogP contribution in [0.1, 0.15) is 57.8 Å². The number of rotatable bonds is 7. The van der Waals surface area contributed by atoms with Gasteiger partial charge in [-0.3, -0.25) is 4.90 Å². The summed E-state index contributed by atoms with van der Waals surface area (Å²) in [5, 5.41) is 4.09. The molecule has 5 nitrogen and oxygen atoms in total. The third-order valence-corrected chi connectivity index (χ3v) is 4.09. The van der Waals surface area contributed by atoms with E-state index in [0.29, 0.717) is 0 Å². The average Bonchev–Trinajstić information content (AvgIpc) is 2.94. The van der Waals surface area contributed by atoms with E-state index in [9.17, 15) is 0 Å². The largest absolute Gasteiger partial charge is 0.338 e. The summed E-state index contributed by atoms with van der Waals surface area (Å²) in [6, 6.07) is 0.238. The van der Waals surface area contributed by atoms with Gasteiger partial charge in [-0.1, -0.05) is 25.4 Å². The Morgan fingerprint density at radius 2 is 1.90 bits per heavy atom. The fourth-order valence-corrected chi connectivity index (χ4v) is 2.72. The van der Waals surface area contributed by atoms with Crippen LogP contribution in [0.2, 0.25) is 0 Å². The second-order valence-corrected chi connectivity index (χ2v) is 5.71. The summed E-state index contributed by atoms with van der Waals surface area (Å²) in [6.45, 7) is 12.3. The Labute approximate surface area is 122 Å². The minimum atomic E-state index is 0.238. The van der Waals surface area contributed by atoms with Gasteiger partial charge in [-0.2, -0.15) is 4.98 Å². The molecule has 1 saturated heterocycles. The standard InChI is InChI=1S/C15H28N4O/c1-4-6-7-14-16-15(20-17-14)13(3)19-11-9-18(8-5-2)10-12-19/h13H,4-12H2,1-3H3. The molecule has 0 amide bonds. The molecule has 0 bridgehead atoms. The first-order valence-corrected chi connectivity index (χ1v) is 8.03. The number of piperazine rings is 1. The Morgan fingerprint density at radius 1 is 1.15 bits per heavy atom. The number of hydrogen-bond donors (Lipinski definition) is 0. The van der Waals surface area contributed by atoms with Gasteiger partial charge in [0.25, 0.3) is 0 Å². The number of nitrogens with zero attached hydrogens (tertiary/aromatic N) is 4. The Bertz CT molecular complexity index is 385. The van der Waals surface area contributed by atoms with E-state index in [1.165, 1.54) is 19.4 Å². The summed E-state index contributed by atoms with van der Waals surface area (Å²) < 4.78 is 5.43. The molecule has 0 saturated carbocycles. The SMILES string of the molecule is CCCCc1noc(C(C)N2CCN(CCC)CC2)n1. The van der Waals surface area contributed by atoms with Crippen LogP contribution in [0.3, 0.4) is 0 Å². The zero-order valence-corrected chi connectivity index (χ0v) is 13.1. The van der Waals surface area contributed by atoms with Crippen molar-refractivity contribution in [1.29, 1.82) is 0 Å². The maximum atomic E-state index is 5.43. The van der Waals surface area contributed by atoms with E-state index >= 15 is 0 Å². The molecule has 2 rings (SSSR count). The maximum Gasteiger partial charge on any atom is 0.243 e. The minimum Gasteiger partial charge on any atom is -0.338 e. The molecule has 5 heteroatoms. The van der Waals surface area contributed by atoms with Gasteiger partial charge < -0.3 is 9.42 Å². The normalized spacial score (nSPS) is 19.4. The molecule has 2 heterocycles. The molecule has 20 heavy (non-hydrogen) atoms. The first-order valence-electron chi connectivity index (χ1n) is 8.03. The lowest BCUT2D eigenvalue weighted by atomic mass is 10.2. The Hall–Kier alpha value is -0.940. The molecule has 0 spiro atoms. The fraction of sp³-hybridized carbons (Fsp3) is 0.867. The summed E-state index contributed by atoms with van der Waals surface area (Å²) in [4.78, 5) is 9.52. The molecule has 1 fully saturated rings. The van der Waals surface area contributed by atoms with Crippen molar-refractivity contribution in [2.75, 3.05) is 32.7 Å². The molecule has 1 aliphatic rings. The minimum absolute atomic E-state index is 0.238. The van der Waals surface area contributed by atoms with E-state index in [4.69, 9.17) is 4.52 Å². The Morgan fingerprint density at radius 3 is 2.55 bits per heavy atom. The van der Waals surface area contributed by atoms with Crippen molar-refractivity contribution >= 4 is 0 Å². The molecule has 1 unspecified atom stereocenters. The summed E-state index contributed by atoms with van der Waals surface area (Å²) in [5.41, 5.74) is 0. The van der Waals surface area contributed by atoms with Crippen LogP contribution in [0, 0.1) is 0 Å². The predicted molar refractivity (Wildman–Crippen MR) is 79.6 cm³/mol. The van der Waals surface area contributed by atoms with Gasteiger partial charge in [0.05, 0.1) is 6.04 Å². The lowest BCUT2D eigenvalue weighted by molar-refractivity contribution is 0.0884. The van der Waals surface area contributed by atoms with Crippen molar-refractivity contribution in [3.05, 3.63) is 11.7 Å². The van der Waals surface area contributed by atoms with Crippen LogP contribution < -0.4 is 0 Å². The van der Waals surface area contributed by atoms with Crippen molar-refractivity contribution < 1.29 is 4.52 Å². The highest BCUT2D eigenvalue weighted by Crippen LogP contribution is 2.20. The summed E-state index contributed by atoms with van der Waals surface area (Å²) in [6.07, 6.45) is 4.46. The van der Waals surface area contributed by atoms with Crippen LogP contribution in [-0.2, 0) is 6.42 Å². The van der Waals surface area contributed by atoms with Gasteiger partial charge in [0.15, 0.2) is 5.82 Å². The van der Waals surface area contributed by atoms with Gasteiger partial charge in [-0.25, -0.2) is 0 Å². The quantitative estimate of drug-likeness (QED) is 0.768. The molecule has 114 valence electrons. The van der Waals surface area contributed by atoms with Crippen LogP contribution >= 0.6 is 0 Å². The molecule has 0 aliphatic carbocycles. The van der Waals surface area contributed by atoms with Crippen molar-refractivity contribution in [3.8, 4) is 0 Å². The van der Waals surface area contributed by atoms with E-state index in [-0.39, 0.29) is 6.04 Å². The van der Waals surface area contributed by atoms with Crippen LogP contribution in [0.15, 0.2) is 4.52 Å². The second-order valence-electron chi connectivity index (χ2n) is 5.71. The average molecular weight is 280 g/mol. The highest BCUT2D eigenvalue weighted by molar-refractivity contribution is 4.93. The molecular weight excluding hydrogens is 252 g/mol. The fourth-order valence-electron chi connectivity index (χ4n) is 2.72. The molecule has 1 aromatic rings. The molecule has 0 N–H and O–H groups in total. The second kappa shape index (κ2) is 7.74. The van der Waals surface area contributed by atoms with E-state index in [1.54, 1.807) is 0 Å². The van der Waals surface area contributed by atoms with Gasteiger partial charge in [-0.05, 0) is 26.3 Å². The van der Waals surface area contributed by atoms with Gasteiger partial charge in [0, 0.05) is 32.6 Å². The van der Waals surface area contributed by atoms with Crippen LogP contribution in [-0.4, -0.2) is 52.7 Å². The molecule has 0 radical (unpaired) electrons. The van der Waals surface area contributed by atoms with Gasteiger partial charge in [0.1, 0.15) is 0 Å². The number of aromatic nitrogens is 2. The number of hydrogen-bond acceptors (Lipinski definition) is 5. The third-order valence-electron chi connectivity index (χ3n) is 4.09. The van der Waals surface area contributed by atoms with E-state index in [1.807, 2.05) is 0 Å². The Kier molecular flexibility index (Phi) is 5.98. The Balaban J connectivity index is 1.85. The van der Waals surface area contributed by atoms with Crippen molar-refractivity contribution in [1.82, 2.24) is 19.9 Å². The third kappa shape index (κ3) is 4.03. The van der Waals surface area contributed by atoms with Crippen LogP contribution in [0.5, 0.6) is 0 Å². The lowest BCUT2D eigenvalue weighted by Crippen LogP contribution is -2.47. The lowest BCUT2D eigenvalue weighted by Gasteiger charge is -2.36. The predicted octanol–water partition coefficient (Wildman–Crippen LogP) is 2.50. The number of unbranched alkanes of at least 4 members (excludes halogenated alkanes) is 1. The molecule has 0 aromatic carbocycles. The van der Waals surface area contributed by atoms with Crippen LogP contribution in [0.25, 0.3) is 0 Å². The molecule has 1 aromatic heterocycles. The van der Waals surface area contributed by atoms with E-state index in [2.05, 4.69) is 40.7 Å². The van der Waals surface area contributed by atoms with Crippen LogP contribution in [0.4, 0.5) is 0 Å². The first kappa shape index (κ1) is 15.4. The van der Waals surface area contributed by atoms with Crippen molar-refractivity contribution in [3.63, 3.8) is 0 Å². The van der Waals surface area contributed by atoms with Crippen molar-refractivity contribution in [2.45, 2.75) is 52.5 Å². The van der Waals surface area contributed by atoms with Gasteiger partial charge in [0.2, 0.25) is 5.89 Å². The monoisotopic (exact) mass is 280 g/mol. The zero-order chi connectivity index (χ0) is 14.4. The number of aryl methyl sites for hydroxylation is 1. The summed E-state index contributed by atoms with van der Waals surface area (Å²) in [5.74, 6) is 1.64. The summed E-state index contributed by atoms with van der Waals surface area (Å²) >= 11 is 0. The van der Waals surface area contributed by atoms with E-state index in [0.717, 1.165) is 50.7 Å². The highest BCUT2D eigenvalue weighted by Gasteiger charge is 2.25. The summed E-state index contributed by atoms with van der Waals surface area (Å²) in [7, 11) is 0. The smallest absolute Gasteiger partial charge is 0.243 e. The topological polar surface area (TPSA) is 45.4 Å². The molecule has 1 atom stereocenters. The zero-order valence-electron chi connectivity index (χ0n) is 13.1. The van der Waals surface area contributed by atoms with Gasteiger partial charge >= 0.3 is 0 Å². The van der Waals surface area contributed by atoms with Crippen molar-refractivity contribution in [2.24, 2.45) is 0 Å². The molecule has 1 aliphatic heterocycles. The molecular formula is C15H28N4O. The highest BCUT2D eigenvalue weighted by atomic mass is 16.5.